The molecule has 2 amide bonds. The Morgan fingerprint density at radius 1 is 1.09 bits per heavy atom. The molecule has 2 aromatic heterocycles. The Morgan fingerprint density at radius 2 is 1.80 bits per heavy atom. The van der Waals surface area contributed by atoms with Crippen LogP contribution in [0.5, 0.6) is 0 Å². The third kappa shape index (κ3) is 4.26. The fourth-order valence-electron chi connectivity index (χ4n) is 3.88. The zero-order valence-corrected chi connectivity index (χ0v) is 19.8. The molecule has 3 heterocycles. The first-order valence-electron chi connectivity index (χ1n) is 10.9. The molecule has 0 radical (unpaired) electrons. The van der Waals surface area contributed by atoms with Crippen LogP contribution in [0.4, 0.5) is 11.6 Å². The number of rotatable bonds is 6. The van der Waals surface area contributed by atoms with E-state index >= 15 is 0 Å². The van der Waals surface area contributed by atoms with Gasteiger partial charge in [0, 0.05) is 41.4 Å². The number of amides is 2. The second-order valence-corrected chi connectivity index (χ2v) is 10.2. The SMILES string of the molecule is Cc1noc(NS(=O)(=O)c2ccc(NC(=O)C3CN(C(=O)c4c[nH]c5ccccc45)C3)cc2)c1C. The number of carbonyl (C=O) groups excluding carboxylic acids is 2. The number of sulfonamides is 1. The summed E-state index contributed by atoms with van der Waals surface area (Å²) < 4.78 is 32.6. The highest BCUT2D eigenvalue weighted by Gasteiger charge is 2.36. The van der Waals surface area contributed by atoms with Crippen LogP contribution in [0.1, 0.15) is 21.6 Å². The Hall–Kier alpha value is -4.12. The van der Waals surface area contributed by atoms with Crippen molar-refractivity contribution >= 4 is 44.3 Å². The fourth-order valence-corrected chi connectivity index (χ4v) is 4.93. The molecule has 0 aliphatic carbocycles. The lowest BCUT2D eigenvalue weighted by Crippen LogP contribution is -2.54. The molecule has 180 valence electrons. The highest BCUT2D eigenvalue weighted by molar-refractivity contribution is 7.92. The van der Waals surface area contributed by atoms with Gasteiger partial charge in [-0.3, -0.25) is 9.59 Å². The first kappa shape index (κ1) is 22.7. The lowest BCUT2D eigenvalue weighted by Gasteiger charge is -2.38. The number of carbonyl (C=O) groups is 2. The quantitative estimate of drug-likeness (QED) is 0.377. The van der Waals surface area contributed by atoms with Crippen LogP contribution >= 0.6 is 0 Å². The van der Waals surface area contributed by atoms with Crippen LogP contribution in [0.2, 0.25) is 0 Å². The molecule has 1 saturated heterocycles. The molecule has 5 rings (SSSR count). The second-order valence-electron chi connectivity index (χ2n) is 8.50. The van der Waals surface area contributed by atoms with E-state index in [1.54, 1.807) is 24.9 Å². The van der Waals surface area contributed by atoms with Crippen LogP contribution in [-0.2, 0) is 14.8 Å². The molecule has 1 aliphatic rings. The van der Waals surface area contributed by atoms with E-state index in [0.717, 1.165) is 10.9 Å². The maximum absolute atomic E-state index is 12.8. The van der Waals surface area contributed by atoms with Gasteiger partial charge in [-0.2, -0.15) is 0 Å². The highest BCUT2D eigenvalue weighted by Crippen LogP contribution is 2.26. The second kappa shape index (κ2) is 8.58. The van der Waals surface area contributed by atoms with E-state index in [1.165, 1.54) is 24.3 Å². The third-order valence-corrected chi connectivity index (χ3v) is 7.52. The van der Waals surface area contributed by atoms with Gasteiger partial charge in [-0.05, 0) is 44.2 Å². The fraction of sp³-hybridized carbons (Fsp3) is 0.208. The van der Waals surface area contributed by atoms with Crippen LogP contribution < -0.4 is 10.0 Å². The summed E-state index contributed by atoms with van der Waals surface area (Å²) in [6, 6.07) is 13.4. The smallest absolute Gasteiger partial charge is 0.264 e. The molecule has 4 aromatic rings. The van der Waals surface area contributed by atoms with Crippen molar-refractivity contribution in [2.75, 3.05) is 23.1 Å². The lowest BCUT2D eigenvalue weighted by molar-refractivity contribution is -0.123. The summed E-state index contributed by atoms with van der Waals surface area (Å²) in [5.74, 6) is -0.622. The Morgan fingerprint density at radius 3 is 2.49 bits per heavy atom. The lowest BCUT2D eigenvalue weighted by atomic mass is 9.97. The van der Waals surface area contributed by atoms with Crippen molar-refractivity contribution in [3.05, 3.63) is 71.5 Å². The summed E-state index contributed by atoms with van der Waals surface area (Å²) in [7, 11) is -3.87. The molecule has 11 heteroatoms. The molecule has 35 heavy (non-hydrogen) atoms. The van der Waals surface area contributed by atoms with Gasteiger partial charge in [0.25, 0.3) is 15.9 Å². The topological polar surface area (TPSA) is 137 Å². The molecule has 0 unspecified atom stereocenters. The molecule has 3 N–H and O–H groups in total. The van der Waals surface area contributed by atoms with Gasteiger partial charge in [0.15, 0.2) is 0 Å². The average Bonchev–Trinajstić information content (AvgIpc) is 3.37. The standard InChI is InChI=1S/C24H23N5O5S/c1-14-15(2)27-34-23(14)28-35(32,33)18-9-7-17(8-10-18)26-22(30)16-12-29(13-16)24(31)20-11-25-21-6-4-3-5-19(20)21/h3-11,16,25,28H,12-13H2,1-2H3,(H,26,30). The minimum atomic E-state index is -3.87. The normalized spacial score (nSPS) is 14.1. The number of aromatic nitrogens is 2. The van der Waals surface area contributed by atoms with Crippen molar-refractivity contribution in [3.63, 3.8) is 0 Å². The predicted octanol–water partition coefficient (Wildman–Crippen LogP) is 3.28. The van der Waals surface area contributed by atoms with Crippen molar-refractivity contribution in [2.24, 2.45) is 5.92 Å². The molecule has 1 fully saturated rings. The number of hydrogen-bond donors (Lipinski definition) is 3. The van der Waals surface area contributed by atoms with E-state index in [-0.39, 0.29) is 28.5 Å². The van der Waals surface area contributed by atoms with Crippen molar-refractivity contribution in [3.8, 4) is 0 Å². The predicted molar refractivity (Wildman–Crippen MR) is 130 cm³/mol. The van der Waals surface area contributed by atoms with Crippen LogP contribution in [0.15, 0.2) is 64.1 Å². The van der Waals surface area contributed by atoms with Gasteiger partial charge < -0.3 is 19.7 Å². The summed E-state index contributed by atoms with van der Waals surface area (Å²) in [4.78, 5) is 30.2. The van der Waals surface area contributed by atoms with E-state index < -0.39 is 10.0 Å². The summed E-state index contributed by atoms with van der Waals surface area (Å²) in [6.45, 7) is 4.05. The van der Waals surface area contributed by atoms with Crippen LogP contribution in [0, 0.1) is 19.8 Å². The van der Waals surface area contributed by atoms with E-state index in [1.807, 2.05) is 24.3 Å². The molecule has 0 bridgehead atoms. The van der Waals surface area contributed by atoms with Crippen LogP contribution in [0.3, 0.4) is 0 Å². The van der Waals surface area contributed by atoms with Gasteiger partial charge in [-0.15, -0.1) is 0 Å². The van der Waals surface area contributed by atoms with E-state index in [9.17, 15) is 18.0 Å². The number of nitrogens with zero attached hydrogens (tertiary/aromatic N) is 2. The number of para-hydroxylation sites is 1. The molecular formula is C24H23N5O5S. The summed E-state index contributed by atoms with van der Waals surface area (Å²) in [5, 5.41) is 7.37. The van der Waals surface area contributed by atoms with E-state index in [4.69, 9.17) is 4.52 Å². The molecule has 0 atom stereocenters. The molecule has 2 aromatic carbocycles. The van der Waals surface area contributed by atoms with Gasteiger partial charge in [0.05, 0.1) is 22.1 Å². The number of anilines is 2. The number of H-pyrrole nitrogens is 1. The number of hydrogen-bond acceptors (Lipinski definition) is 6. The van der Waals surface area contributed by atoms with Crippen molar-refractivity contribution in [2.45, 2.75) is 18.7 Å². The zero-order valence-electron chi connectivity index (χ0n) is 19.0. The third-order valence-electron chi connectivity index (χ3n) is 6.18. The first-order chi connectivity index (χ1) is 16.7. The first-order valence-corrected chi connectivity index (χ1v) is 12.4. The van der Waals surface area contributed by atoms with Crippen LogP contribution in [-0.4, -0.2) is 48.4 Å². The zero-order chi connectivity index (χ0) is 24.7. The largest absolute Gasteiger partial charge is 0.360 e. The van der Waals surface area contributed by atoms with Gasteiger partial charge in [0.1, 0.15) is 0 Å². The van der Waals surface area contributed by atoms with Crippen molar-refractivity contribution in [1.82, 2.24) is 15.0 Å². The Kier molecular flexibility index (Phi) is 5.56. The average molecular weight is 494 g/mol. The number of aromatic amines is 1. The van der Waals surface area contributed by atoms with Crippen molar-refractivity contribution in [1.29, 1.82) is 0 Å². The maximum atomic E-state index is 12.8. The van der Waals surface area contributed by atoms with E-state index in [2.05, 4.69) is 20.2 Å². The molecule has 0 saturated carbocycles. The molecule has 0 spiro atoms. The minimum Gasteiger partial charge on any atom is -0.360 e. The summed E-state index contributed by atoms with van der Waals surface area (Å²) in [5.41, 5.74) is 3.13. The van der Waals surface area contributed by atoms with Gasteiger partial charge >= 0.3 is 0 Å². The maximum Gasteiger partial charge on any atom is 0.264 e. The Bertz CT molecular complexity index is 1530. The summed E-state index contributed by atoms with van der Waals surface area (Å²) in [6.07, 6.45) is 1.69. The number of fused-ring (bicyclic) bond motifs is 1. The van der Waals surface area contributed by atoms with E-state index in [0.29, 0.717) is 35.6 Å². The van der Waals surface area contributed by atoms with Gasteiger partial charge in [-0.25, -0.2) is 13.1 Å². The summed E-state index contributed by atoms with van der Waals surface area (Å²) >= 11 is 0. The monoisotopic (exact) mass is 493 g/mol. The van der Waals surface area contributed by atoms with Gasteiger partial charge in [-0.1, -0.05) is 23.4 Å². The minimum absolute atomic E-state index is 0.0168. The number of aryl methyl sites for hydroxylation is 1. The van der Waals surface area contributed by atoms with Crippen LogP contribution in [0.25, 0.3) is 10.9 Å². The molecule has 10 nitrogen and oxygen atoms in total. The highest BCUT2D eigenvalue weighted by atomic mass is 32.2. The molecular weight excluding hydrogens is 470 g/mol. The number of likely N-dealkylation sites (tertiary alicyclic amines) is 1. The van der Waals surface area contributed by atoms with Gasteiger partial charge in [0.2, 0.25) is 11.8 Å². The van der Waals surface area contributed by atoms with Crippen molar-refractivity contribution < 1.29 is 22.5 Å². The number of nitrogens with one attached hydrogen (secondary N) is 3. The number of benzene rings is 2. The molecule has 1 aliphatic heterocycles. The Labute approximate surface area is 201 Å². The Balaban J connectivity index is 1.18.